The third kappa shape index (κ3) is 2.55. The van der Waals surface area contributed by atoms with Gasteiger partial charge in [-0.15, -0.1) is 5.10 Å². The van der Waals surface area contributed by atoms with E-state index >= 15 is 0 Å². The number of alkyl halides is 3. The first-order valence-corrected chi connectivity index (χ1v) is 6.19. The molecule has 0 fully saturated rings. The maximum absolute atomic E-state index is 14.0. The Hall–Kier alpha value is -1.48. The number of aryl methyl sites for hydroxylation is 1. The Labute approximate surface area is 119 Å². The summed E-state index contributed by atoms with van der Waals surface area (Å²) in [5, 5.41) is 7.33. The molecular formula is C11H9BrF4N4. The molecule has 1 aromatic heterocycles. The van der Waals surface area contributed by atoms with E-state index in [-0.39, 0.29) is 15.9 Å². The summed E-state index contributed by atoms with van der Waals surface area (Å²) >= 11 is 3.08. The standard InChI is InChI=1S/C11H9BrF4N4/c1-20-9(10(12)18-19-20)8(17)5-3-2-4-6(7(5)13)11(14,15)16/h2-4,8H,17H2,1H3. The zero-order valence-electron chi connectivity index (χ0n) is 10.1. The molecule has 0 aliphatic carbocycles. The molecule has 2 N–H and O–H groups in total. The summed E-state index contributed by atoms with van der Waals surface area (Å²) in [5.74, 6) is -1.39. The first-order valence-electron chi connectivity index (χ1n) is 5.39. The van der Waals surface area contributed by atoms with E-state index in [0.717, 1.165) is 6.07 Å². The van der Waals surface area contributed by atoms with Gasteiger partial charge in [0.25, 0.3) is 0 Å². The van der Waals surface area contributed by atoms with E-state index in [9.17, 15) is 17.6 Å². The minimum atomic E-state index is -4.78. The molecular weight excluding hydrogens is 344 g/mol. The molecule has 1 heterocycles. The van der Waals surface area contributed by atoms with E-state index in [4.69, 9.17) is 5.73 Å². The van der Waals surface area contributed by atoms with Gasteiger partial charge in [-0.05, 0) is 22.0 Å². The van der Waals surface area contributed by atoms with Crippen molar-refractivity contribution in [3.05, 3.63) is 45.4 Å². The van der Waals surface area contributed by atoms with Gasteiger partial charge in [0.1, 0.15) is 5.82 Å². The van der Waals surface area contributed by atoms with Gasteiger partial charge in [-0.1, -0.05) is 17.3 Å². The van der Waals surface area contributed by atoms with Crippen LogP contribution in [0.5, 0.6) is 0 Å². The summed E-state index contributed by atoms with van der Waals surface area (Å²) < 4.78 is 53.6. The third-order valence-corrected chi connectivity index (χ3v) is 3.36. The van der Waals surface area contributed by atoms with Crippen LogP contribution < -0.4 is 5.73 Å². The summed E-state index contributed by atoms with van der Waals surface area (Å²) in [4.78, 5) is 0. The predicted molar refractivity (Wildman–Crippen MR) is 66.1 cm³/mol. The molecule has 1 atom stereocenters. The van der Waals surface area contributed by atoms with E-state index in [2.05, 4.69) is 26.2 Å². The highest BCUT2D eigenvalue weighted by molar-refractivity contribution is 9.10. The van der Waals surface area contributed by atoms with Gasteiger partial charge in [0.15, 0.2) is 4.60 Å². The van der Waals surface area contributed by atoms with Crippen LogP contribution in [0, 0.1) is 5.82 Å². The Morgan fingerprint density at radius 3 is 2.50 bits per heavy atom. The maximum atomic E-state index is 14.0. The summed E-state index contributed by atoms with van der Waals surface area (Å²) in [6.45, 7) is 0. The molecule has 4 nitrogen and oxygen atoms in total. The van der Waals surface area contributed by atoms with E-state index in [0.29, 0.717) is 6.07 Å². The van der Waals surface area contributed by atoms with E-state index in [1.165, 1.54) is 17.8 Å². The number of hydrogen-bond donors (Lipinski definition) is 1. The SMILES string of the molecule is Cn1nnc(Br)c1C(N)c1cccc(C(F)(F)F)c1F. The van der Waals surface area contributed by atoms with Gasteiger partial charge in [0.05, 0.1) is 17.3 Å². The molecule has 0 radical (unpaired) electrons. The Balaban J connectivity index is 2.54. The number of nitrogens with two attached hydrogens (primary N) is 1. The smallest absolute Gasteiger partial charge is 0.319 e. The Kier molecular flexibility index (Phi) is 3.83. The first-order chi connectivity index (χ1) is 9.23. The number of nitrogens with zero attached hydrogens (tertiary/aromatic N) is 3. The number of rotatable bonds is 2. The van der Waals surface area contributed by atoms with Gasteiger partial charge in [0, 0.05) is 12.6 Å². The van der Waals surface area contributed by atoms with Crippen molar-refractivity contribution in [1.29, 1.82) is 0 Å². The van der Waals surface area contributed by atoms with Gasteiger partial charge in [-0.2, -0.15) is 13.2 Å². The van der Waals surface area contributed by atoms with Crippen molar-refractivity contribution in [3.8, 4) is 0 Å². The van der Waals surface area contributed by atoms with Crippen molar-refractivity contribution in [2.45, 2.75) is 12.2 Å². The topological polar surface area (TPSA) is 56.7 Å². The normalized spacial score (nSPS) is 13.6. The second-order valence-corrected chi connectivity index (χ2v) is 4.82. The van der Waals surface area contributed by atoms with Crippen molar-refractivity contribution in [2.75, 3.05) is 0 Å². The van der Waals surface area contributed by atoms with Crippen LogP contribution in [0.25, 0.3) is 0 Å². The second kappa shape index (κ2) is 5.13. The van der Waals surface area contributed by atoms with Crippen LogP contribution in [0.4, 0.5) is 17.6 Å². The molecule has 0 saturated carbocycles. The van der Waals surface area contributed by atoms with Gasteiger partial charge < -0.3 is 5.73 Å². The van der Waals surface area contributed by atoms with Crippen LogP contribution in [0.2, 0.25) is 0 Å². The molecule has 0 saturated heterocycles. The number of aromatic nitrogens is 3. The molecule has 2 aromatic rings. The lowest BCUT2D eigenvalue weighted by atomic mass is 10.0. The average Bonchev–Trinajstić information content (AvgIpc) is 2.67. The average molecular weight is 353 g/mol. The van der Waals surface area contributed by atoms with Crippen molar-refractivity contribution >= 4 is 15.9 Å². The summed E-state index contributed by atoms with van der Waals surface area (Å²) in [5.41, 5.74) is 4.50. The highest BCUT2D eigenvalue weighted by Gasteiger charge is 2.36. The summed E-state index contributed by atoms with van der Waals surface area (Å²) in [7, 11) is 1.51. The zero-order valence-corrected chi connectivity index (χ0v) is 11.7. The molecule has 1 aromatic carbocycles. The Morgan fingerprint density at radius 2 is 2.00 bits per heavy atom. The minimum Gasteiger partial charge on any atom is -0.319 e. The lowest BCUT2D eigenvalue weighted by Crippen LogP contribution is -2.20. The van der Waals surface area contributed by atoms with Crippen molar-refractivity contribution in [3.63, 3.8) is 0 Å². The second-order valence-electron chi connectivity index (χ2n) is 4.07. The van der Waals surface area contributed by atoms with Crippen LogP contribution in [0.3, 0.4) is 0 Å². The van der Waals surface area contributed by atoms with Crippen LogP contribution in [-0.4, -0.2) is 15.0 Å². The van der Waals surface area contributed by atoms with Gasteiger partial charge in [-0.3, -0.25) is 0 Å². The molecule has 108 valence electrons. The fourth-order valence-corrected chi connectivity index (χ4v) is 2.40. The molecule has 20 heavy (non-hydrogen) atoms. The number of benzene rings is 1. The van der Waals surface area contributed by atoms with Gasteiger partial charge in [-0.25, -0.2) is 9.07 Å². The molecule has 0 spiro atoms. The highest BCUT2D eigenvalue weighted by atomic mass is 79.9. The molecule has 9 heteroatoms. The van der Waals surface area contributed by atoms with Crippen LogP contribution in [0.1, 0.15) is 22.9 Å². The minimum absolute atomic E-state index is 0.254. The van der Waals surface area contributed by atoms with Crippen LogP contribution in [-0.2, 0) is 13.2 Å². The number of halogens is 5. The Morgan fingerprint density at radius 1 is 1.35 bits per heavy atom. The van der Waals surface area contributed by atoms with Gasteiger partial charge in [0.2, 0.25) is 0 Å². The molecule has 0 aliphatic heterocycles. The molecule has 0 amide bonds. The monoisotopic (exact) mass is 352 g/mol. The lowest BCUT2D eigenvalue weighted by Gasteiger charge is -2.16. The maximum Gasteiger partial charge on any atom is 0.419 e. The lowest BCUT2D eigenvalue weighted by molar-refractivity contribution is -0.140. The van der Waals surface area contributed by atoms with Crippen molar-refractivity contribution in [1.82, 2.24) is 15.0 Å². The predicted octanol–water partition coefficient (Wildman–Crippen LogP) is 2.78. The van der Waals surface area contributed by atoms with Crippen molar-refractivity contribution in [2.24, 2.45) is 12.8 Å². The fourth-order valence-electron chi connectivity index (χ4n) is 1.83. The van der Waals surface area contributed by atoms with Gasteiger partial charge >= 0.3 is 6.18 Å². The zero-order chi connectivity index (χ0) is 15.1. The third-order valence-electron chi connectivity index (χ3n) is 2.79. The molecule has 0 aliphatic rings. The van der Waals surface area contributed by atoms with Crippen molar-refractivity contribution < 1.29 is 17.6 Å². The first kappa shape index (κ1) is 14.9. The van der Waals surface area contributed by atoms with Crippen LogP contribution in [0.15, 0.2) is 22.8 Å². The fraction of sp³-hybridized carbons (Fsp3) is 0.273. The Bertz CT molecular complexity index is 618. The van der Waals surface area contributed by atoms with E-state index in [1.807, 2.05) is 0 Å². The van der Waals surface area contributed by atoms with E-state index in [1.54, 1.807) is 0 Å². The molecule has 2 rings (SSSR count). The molecule has 1 unspecified atom stereocenters. The highest BCUT2D eigenvalue weighted by Crippen LogP contribution is 2.35. The number of hydrogen-bond acceptors (Lipinski definition) is 3. The quantitative estimate of drug-likeness (QED) is 0.845. The largest absolute Gasteiger partial charge is 0.419 e. The van der Waals surface area contributed by atoms with Crippen LogP contribution >= 0.6 is 15.9 Å². The van der Waals surface area contributed by atoms with E-state index < -0.39 is 23.6 Å². The molecule has 0 bridgehead atoms. The summed E-state index contributed by atoms with van der Waals surface area (Å²) in [6.07, 6.45) is -4.78. The summed E-state index contributed by atoms with van der Waals surface area (Å²) in [6, 6.07) is 1.86.